The molecule has 166 valence electrons. The summed E-state index contributed by atoms with van der Waals surface area (Å²) in [5, 5.41) is 0. The van der Waals surface area contributed by atoms with Gasteiger partial charge >= 0.3 is 0 Å². The second-order valence-electron chi connectivity index (χ2n) is 8.18. The summed E-state index contributed by atoms with van der Waals surface area (Å²) in [4.78, 5) is 29.7. The van der Waals surface area contributed by atoms with Crippen LogP contribution in [0.2, 0.25) is 0 Å². The van der Waals surface area contributed by atoms with Crippen molar-refractivity contribution in [2.24, 2.45) is 0 Å². The molecule has 1 N–H and O–H groups in total. The average Bonchev–Trinajstić information content (AvgIpc) is 3.26. The van der Waals surface area contributed by atoms with E-state index >= 15 is 0 Å². The molecule has 30 heavy (non-hydrogen) atoms. The number of ether oxygens (including phenoxy) is 1. The first-order chi connectivity index (χ1) is 14.2. The van der Waals surface area contributed by atoms with Crippen LogP contribution in [0.1, 0.15) is 56.3 Å². The summed E-state index contributed by atoms with van der Waals surface area (Å²) in [6.07, 6.45) is 4.35. The van der Waals surface area contributed by atoms with Crippen LogP contribution in [0.15, 0.2) is 23.1 Å². The van der Waals surface area contributed by atoms with Gasteiger partial charge in [0.05, 0.1) is 7.11 Å². The van der Waals surface area contributed by atoms with Gasteiger partial charge < -0.3 is 14.5 Å². The van der Waals surface area contributed by atoms with Gasteiger partial charge in [0.2, 0.25) is 15.9 Å². The molecule has 2 amide bonds. The maximum Gasteiger partial charge on any atom is 0.254 e. The molecule has 0 spiro atoms. The molecular formula is C21H31N3O5S. The lowest BCUT2D eigenvalue weighted by Gasteiger charge is -2.37. The molecule has 2 aliphatic heterocycles. The largest absolute Gasteiger partial charge is 0.495 e. The number of methoxy groups -OCH3 is 1. The van der Waals surface area contributed by atoms with Crippen LogP contribution >= 0.6 is 0 Å². The summed E-state index contributed by atoms with van der Waals surface area (Å²) in [7, 11) is -2.46. The molecule has 1 atom stereocenters. The Labute approximate surface area is 178 Å². The van der Waals surface area contributed by atoms with Crippen molar-refractivity contribution in [1.82, 2.24) is 14.5 Å². The van der Waals surface area contributed by atoms with Crippen molar-refractivity contribution in [3.63, 3.8) is 0 Å². The number of rotatable bonds is 6. The summed E-state index contributed by atoms with van der Waals surface area (Å²) in [5.74, 6) is -0.151. The van der Waals surface area contributed by atoms with E-state index in [1.807, 2.05) is 4.90 Å². The number of carbonyl (C=O) groups excluding carboxylic acids is 2. The van der Waals surface area contributed by atoms with Gasteiger partial charge in [-0.15, -0.1) is 0 Å². The number of amides is 2. The van der Waals surface area contributed by atoms with E-state index in [2.05, 4.69) is 4.72 Å². The van der Waals surface area contributed by atoms with Gasteiger partial charge in [-0.25, -0.2) is 13.1 Å². The van der Waals surface area contributed by atoms with E-state index in [4.69, 9.17) is 4.74 Å². The molecular weight excluding hydrogens is 406 g/mol. The van der Waals surface area contributed by atoms with Gasteiger partial charge in [0.25, 0.3) is 5.91 Å². The zero-order chi connectivity index (χ0) is 21.9. The van der Waals surface area contributed by atoms with Crippen LogP contribution < -0.4 is 9.46 Å². The topological polar surface area (TPSA) is 96.0 Å². The van der Waals surface area contributed by atoms with Gasteiger partial charge in [0.1, 0.15) is 16.7 Å². The quantitative estimate of drug-likeness (QED) is 0.734. The van der Waals surface area contributed by atoms with Crippen LogP contribution in [0.3, 0.4) is 0 Å². The molecule has 2 heterocycles. The lowest BCUT2D eigenvalue weighted by Crippen LogP contribution is -2.52. The SMILES string of the molecule is COc1ccc(C(=O)N2CCCCC2C(=O)N2CCCC2)cc1S(=O)(=O)NC(C)C. The van der Waals surface area contributed by atoms with Crippen LogP contribution in [0.4, 0.5) is 0 Å². The molecule has 1 unspecified atom stereocenters. The number of nitrogens with one attached hydrogen (secondary N) is 1. The van der Waals surface area contributed by atoms with Crippen LogP contribution in [-0.2, 0) is 14.8 Å². The van der Waals surface area contributed by atoms with Crippen LogP contribution in [0.5, 0.6) is 5.75 Å². The number of piperidine rings is 1. The Bertz CT molecular complexity index is 894. The van der Waals surface area contributed by atoms with E-state index in [0.717, 1.165) is 38.8 Å². The molecule has 8 nitrogen and oxygen atoms in total. The third kappa shape index (κ3) is 4.78. The Hall–Kier alpha value is -2.13. The van der Waals surface area contributed by atoms with Crippen LogP contribution in [-0.4, -0.2) is 68.9 Å². The molecule has 0 radical (unpaired) electrons. The highest BCUT2D eigenvalue weighted by Gasteiger charge is 2.36. The second kappa shape index (κ2) is 9.34. The zero-order valence-corrected chi connectivity index (χ0v) is 18.7. The molecule has 0 bridgehead atoms. The Morgan fingerprint density at radius 1 is 1.10 bits per heavy atom. The summed E-state index contributed by atoms with van der Waals surface area (Å²) in [6, 6.07) is 3.60. The third-order valence-electron chi connectivity index (χ3n) is 5.56. The highest BCUT2D eigenvalue weighted by molar-refractivity contribution is 7.89. The van der Waals surface area contributed by atoms with Crippen molar-refractivity contribution in [1.29, 1.82) is 0 Å². The molecule has 9 heteroatoms. The predicted molar refractivity (Wildman–Crippen MR) is 113 cm³/mol. The lowest BCUT2D eigenvalue weighted by molar-refractivity contribution is -0.136. The molecule has 0 aromatic heterocycles. The fraction of sp³-hybridized carbons (Fsp3) is 0.619. The van der Waals surface area contributed by atoms with Crippen LogP contribution in [0, 0.1) is 0 Å². The summed E-state index contributed by atoms with van der Waals surface area (Å²) >= 11 is 0. The Morgan fingerprint density at radius 2 is 1.77 bits per heavy atom. The molecule has 2 aliphatic rings. The van der Waals surface area contributed by atoms with Crippen molar-refractivity contribution in [3.05, 3.63) is 23.8 Å². The molecule has 2 fully saturated rings. The van der Waals surface area contributed by atoms with Crippen molar-refractivity contribution in [2.75, 3.05) is 26.7 Å². The molecule has 1 aromatic rings. The van der Waals surface area contributed by atoms with Crippen molar-refractivity contribution in [2.45, 2.75) is 62.9 Å². The fourth-order valence-corrected chi connectivity index (χ4v) is 5.58. The average molecular weight is 438 g/mol. The van der Waals surface area contributed by atoms with Crippen molar-refractivity contribution in [3.8, 4) is 5.75 Å². The van der Waals surface area contributed by atoms with Crippen molar-refractivity contribution >= 4 is 21.8 Å². The van der Waals surface area contributed by atoms with E-state index in [1.165, 1.54) is 19.2 Å². The third-order valence-corrected chi connectivity index (χ3v) is 7.24. The second-order valence-corrected chi connectivity index (χ2v) is 9.87. The van der Waals surface area contributed by atoms with E-state index in [-0.39, 0.29) is 34.1 Å². The van der Waals surface area contributed by atoms with E-state index in [9.17, 15) is 18.0 Å². The first kappa shape index (κ1) is 22.6. The predicted octanol–water partition coefficient (Wildman–Crippen LogP) is 2.00. The highest BCUT2D eigenvalue weighted by Crippen LogP contribution is 2.28. The van der Waals surface area contributed by atoms with Gasteiger partial charge in [-0.2, -0.15) is 0 Å². The number of nitrogens with zero attached hydrogens (tertiary/aromatic N) is 2. The molecule has 0 saturated carbocycles. The standard InChI is InChI=1S/C21H31N3O5S/c1-15(2)22-30(27,28)19-14-16(9-10-18(19)29-3)20(25)24-13-5-4-8-17(24)21(26)23-11-6-7-12-23/h9-10,14-15,17,22H,4-8,11-13H2,1-3H3. The highest BCUT2D eigenvalue weighted by atomic mass is 32.2. The van der Waals surface area contributed by atoms with Gasteiger partial charge in [0.15, 0.2) is 0 Å². The van der Waals surface area contributed by atoms with Gasteiger partial charge in [0, 0.05) is 31.2 Å². The minimum absolute atomic E-state index is 0.00313. The van der Waals surface area contributed by atoms with E-state index in [1.54, 1.807) is 24.8 Å². The van der Waals surface area contributed by atoms with Crippen molar-refractivity contribution < 1.29 is 22.7 Å². The number of sulfonamides is 1. The minimum atomic E-state index is -3.85. The maximum atomic E-state index is 13.3. The number of hydrogen-bond donors (Lipinski definition) is 1. The van der Waals surface area contributed by atoms with Gasteiger partial charge in [-0.3, -0.25) is 9.59 Å². The summed E-state index contributed by atoms with van der Waals surface area (Å²) in [6.45, 7) is 5.41. The van der Waals surface area contributed by atoms with Gasteiger partial charge in [-0.05, 0) is 64.2 Å². The Morgan fingerprint density at radius 3 is 2.40 bits per heavy atom. The maximum absolute atomic E-state index is 13.3. The zero-order valence-electron chi connectivity index (χ0n) is 17.9. The van der Waals surface area contributed by atoms with E-state index < -0.39 is 16.1 Å². The van der Waals surface area contributed by atoms with Gasteiger partial charge in [-0.1, -0.05) is 0 Å². The summed E-state index contributed by atoms with van der Waals surface area (Å²) < 4.78 is 33.2. The minimum Gasteiger partial charge on any atom is -0.495 e. The molecule has 0 aliphatic carbocycles. The molecule has 1 aromatic carbocycles. The first-order valence-electron chi connectivity index (χ1n) is 10.5. The molecule has 2 saturated heterocycles. The first-order valence-corrected chi connectivity index (χ1v) is 12.0. The Kier molecular flexibility index (Phi) is 7.02. The fourth-order valence-electron chi connectivity index (χ4n) is 4.14. The normalized spacial score (nSPS) is 19.9. The number of likely N-dealkylation sites (tertiary alicyclic amines) is 2. The lowest BCUT2D eigenvalue weighted by atomic mass is 9.99. The monoisotopic (exact) mass is 437 g/mol. The smallest absolute Gasteiger partial charge is 0.254 e. The Balaban J connectivity index is 1.91. The number of carbonyl (C=O) groups is 2. The number of hydrogen-bond acceptors (Lipinski definition) is 5. The number of benzene rings is 1. The van der Waals surface area contributed by atoms with E-state index in [0.29, 0.717) is 13.0 Å². The summed E-state index contributed by atoms with van der Waals surface area (Å²) in [5.41, 5.74) is 0.237. The van der Waals surface area contributed by atoms with Crippen LogP contribution in [0.25, 0.3) is 0 Å². The molecule has 3 rings (SSSR count).